The summed E-state index contributed by atoms with van der Waals surface area (Å²) in [5.74, 6) is -1.14. The summed E-state index contributed by atoms with van der Waals surface area (Å²) in [4.78, 5) is 25.5. The largest absolute Gasteiger partial charge is 0.480 e. The van der Waals surface area contributed by atoms with Gasteiger partial charge in [-0.1, -0.05) is 6.92 Å². The van der Waals surface area contributed by atoms with E-state index < -0.39 is 24.5 Å². The van der Waals surface area contributed by atoms with Gasteiger partial charge in [0.05, 0.1) is 0 Å². The molecule has 1 aromatic rings. The Labute approximate surface area is 139 Å². The molecule has 0 bridgehead atoms. The van der Waals surface area contributed by atoms with Crippen molar-refractivity contribution >= 4 is 11.9 Å². The predicted molar refractivity (Wildman–Crippen MR) is 83.4 cm³/mol. The molecule has 0 spiro atoms. The van der Waals surface area contributed by atoms with E-state index in [1.54, 1.807) is 13.8 Å². The summed E-state index contributed by atoms with van der Waals surface area (Å²) < 4.78 is 29.4. The van der Waals surface area contributed by atoms with E-state index in [-0.39, 0.29) is 17.2 Å². The van der Waals surface area contributed by atoms with Crippen molar-refractivity contribution in [3.8, 4) is 5.75 Å². The molecule has 0 aliphatic carbocycles. The quantitative estimate of drug-likeness (QED) is 0.913. The van der Waals surface area contributed by atoms with Crippen molar-refractivity contribution in [2.45, 2.75) is 46.3 Å². The Morgan fingerprint density at radius 2 is 1.88 bits per heavy atom. The number of carboxylic acids is 1. The summed E-state index contributed by atoms with van der Waals surface area (Å²) in [6.45, 7) is 2.54. The molecule has 1 heterocycles. The molecule has 24 heavy (non-hydrogen) atoms. The number of carboxylic acid groups (broad SMARTS) is 1. The number of piperidine rings is 1. The van der Waals surface area contributed by atoms with Crippen LogP contribution in [0.3, 0.4) is 0 Å². The van der Waals surface area contributed by atoms with E-state index in [1.165, 1.54) is 17.0 Å². The van der Waals surface area contributed by atoms with Gasteiger partial charge in [0.2, 0.25) is 0 Å². The highest BCUT2D eigenvalue weighted by atomic mass is 19.3. The van der Waals surface area contributed by atoms with Crippen LogP contribution in [0.4, 0.5) is 8.78 Å². The summed E-state index contributed by atoms with van der Waals surface area (Å²) in [6.07, 6.45) is 1.14. The van der Waals surface area contributed by atoms with Crippen LogP contribution in [0.25, 0.3) is 0 Å². The zero-order chi connectivity index (χ0) is 18.0. The first kappa shape index (κ1) is 18.2. The summed E-state index contributed by atoms with van der Waals surface area (Å²) >= 11 is 0. The second kappa shape index (κ2) is 7.15. The minimum atomic E-state index is -2.94. The number of halogens is 2. The van der Waals surface area contributed by atoms with E-state index >= 15 is 0 Å². The Morgan fingerprint density at radius 1 is 1.29 bits per heavy atom. The first-order valence-corrected chi connectivity index (χ1v) is 7.80. The average Bonchev–Trinajstić information content (AvgIpc) is 2.49. The molecule has 7 heteroatoms. The molecule has 1 aromatic carbocycles. The number of alkyl halides is 2. The normalized spacial score (nSPS) is 21.0. The highest BCUT2D eigenvalue weighted by Crippen LogP contribution is 2.29. The van der Waals surface area contributed by atoms with Crippen LogP contribution in [0, 0.1) is 19.8 Å². The number of hydrogen-bond donors (Lipinski definition) is 1. The highest BCUT2D eigenvalue weighted by molar-refractivity contribution is 5.97. The van der Waals surface area contributed by atoms with Crippen LogP contribution in [-0.2, 0) is 4.79 Å². The predicted octanol–water partition coefficient (Wildman–Crippen LogP) is 3.23. The number of likely N-dealkylation sites (tertiary alicyclic amines) is 1. The number of aryl methyl sites for hydroxylation is 2. The molecule has 1 amide bonds. The number of nitrogens with zero attached hydrogens (tertiary/aromatic N) is 1. The van der Waals surface area contributed by atoms with E-state index in [0.29, 0.717) is 24.1 Å². The number of aliphatic carboxylic acids is 1. The molecule has 2 atom stereocenters. The van der Waals surface area contributed by atoms with E-state index in [9.17, 15) is 23.5 Å². The number of hydrogen-bond acceptors (Lipinski definition) is 3. The van der Waals surface area contributed by atoms with Crippen molar-refractivity contribution in [2.24, 2.45) is 5.92 Å². The van der Waals surface area contributed by atoms with Crippen LogP contribution >= 0.6 is 0 Å². The van der Waals surface area contributed by atoms with Gasteiger partial charge in [0.15, 0.2) is 0 Å². The molecular formula is C17H21F2NO4. The van der Waals surface area contributed by atoms with Gasteiger partial charge in [0.25, 0.3) is 5.91 Å². The minimum Gasteiger partial charge on any atom is -0.480 e. The molecular weight excluding hydrogens is 320 g/mol. The fourth-order valence-corrected chi connectivity index (χ4v) is 3.13. The third-order valence-corrected chi connectivity index (χ3v) is 4.32. The molecule has 2 rings (SSSR count). The van der Waals surface area contributed by atoms with Crippen molar-refractivity contribution in [1.29, 1.82) is 0 Å². The lowest BCUT2D eigenvalue weighted by molar-refractivity contribution is -0.144. The van der Waals surface area contributed by atoms with Gasteiger partial charge in [-0.05, 0) is 55.9 Å². The number of ether oxygens (including phenoxy) is 1. The van der Waals surface area contributed by atoms with Gasteiger partial charge < -0.3 is 14.7 Å². The SMILES string of the molecule is Cc1cc(C(=O)N2CCC(C)CC2C(=O)O)cc(C)c1OC(F)F. The maximum absolute atomic E-state index is 12.7. The second-order valence-electron chi connectivity index (χ2n) is 6.30. The zero-order valence-corrected chi connectivity index (χ0v) is 13.9. The number of rotatable bonds is 4. The number of carbonyl (C=O) groups excluding carboxylic acids is 1. The average molecular weight is 341 g/mol. The van der Waals surface area contributed by atoms with Crippen molar-refractivity contribution in [3.05, 3.63) is 28.8 Å². The van der Waals surface area contributed by atoms with Crippen molar-refractivity contribution < 1.29 is 28.2 Å². The number of carbonyl (C=O) groups is 2. The highest BCUT2D eigenvalue weighted by Gasteiger charge is 2.35. The monoisotopic (exact) mass is 341 g/mol. The molecule has 0 aromatic heterocycles. The van der Waals surface area contributed by atoms with Gasteiger partial charge in [-0.3, -0.25) is 4.79 Å². The fourth-order valence-electron chi connectivity index (χ4n) is 3.13. The van der Waals surface area contributed by atoms with E-state index in [0.717, 1.165) is 6.42 Å². The third-order valence-electron chi connectivity index (χ3n) is 4.32. The number of benzene rings is 1. The van der Waals surface area contributed by atoms with Gasteiger partial charge in [-0.2, -0.15) is 8.78 Å². The third kappa shape index (κ3) is 3.83. The zero-order valence-electron chi connectivity index (χ0n) is 13.9. The summed E-state index contributed by atoms with van der Waals surface area (Å²) in [6, 6.07) is 2.06. The Hall–Kier alpha value is -2.18. The molecule has 2 unspecified atom stereocenters. The molecule has 0 radical (unpaired) electrons. The van der Waals surface area contributed by atoms with Gasteiger partial charge in [-0.25, -0.2) is 4.79 Å². The molecule has 0 saturated carbocycles. The Kier molecular flexibility index (Phi) is 5.41. The van der Waals surface area contributed by atoms with E-state index in [1.807, 2.05) is 6.92 Å². The van der Waals surface area contributed by atoms with Crippen LogP contribution < -0.4 is 4.74 Å². The maximum Gasteiger partial charge on any atom is 0.387 e. The van der Waals surface area contributed by atoms with Crippen LogP contribution in [0.2, 0.25) is 0 Å². The van der Waals surface area contributed by atoms with Crippen molar-refractivity contribution in [2.75, 3.05) is 6.54 Å². The second-order valence-corrected chi connectivity index (χ2v) is 6.30. The smallest absolute Gasteiger partial charge is 0.387 e. The van der Waals surface area contributed by atoms with Crippen LogP contribution in [0.15, 0.2) is 12.1 Å². The molecule has 1 aliphatic heterocycles. The van der Waals surface area contributed by atoms with Crippen LogP contribution in [0.5, 0.6) is 5.75 Å². The molecule has 1 fully saturated rings. The van der Waals surface area contributed by atoms with Crippen molar-refractivity contribution in [1.82, 2.24) is 4.90 Å². The standard InChI is InChI=1S/C17H21F2NO4/c1-9-4-5-20(13(6-9)16(22)23)15(21)12-7-10(2)14(11(3)8-12)24-17(18)19/h7-9,13,17H,4-6H2,1-3H3,(H,22,23). The molecule has 1 aliphatic rings. The van der Waals surface area contributed by atoms with Crippen LogP contribution in [0.1, 0.15) is 41.3 Å². The molecule has 1 saturated heterocycles. The summed E-state index contributed by atoms with van der Waals surface area (Å²) in [5.41, 5.74) is 1.11. The van der Waals surface area contributed by atoms with E-state index in [2.05, 4.69) is 4.74 Å². The maximum atomic E-state index is 12.7. The lowest BCUT2D eigenvalue weighted by Gasteiger charge is -2.36. The topological polar surface area (TPSA) is 66.8 Å². The van der Waals surface area contributed by atoms with E-state index in [4.69, 9.17) is 0 Å². The Balaban J connectivity index is 2.30. The van der Waals surface area contributed by atoms with Gasteiger partial charge >= 0.3 is 12.6 Å². The van der Waals surface area contributed by atoms with Crippen molar-refractivity contribution in [3.63, 3.8) is 0 Å². The number of amides is 1. The summed E-state index contributed by atoms with van der Waals surface area (Å²) in [7, 11) is 0. The Morgan fingerprint density at radius 3 is 2.38 bits per heavy atom. The first-order chi connectivity index (χ1) is 11.2. The lowest BCUT2D eigenvalue weighted by Crippen LogP contribution is -2.49. The van der Waals surface area contributed by atoms with Gasteiger partial charge in [-0.15, -0.1) is 0 Å². The lowest BCUT2D eigenvalue weighted by atomic mass is 9.91. The first-order valence-electron chi connectivity index (χ1n) is 7.80. The fraction of sp³-hybridized carbons (Fsp3) is 0.529. The van der Waals surface area contributed by atoms with Gasteiger partial charge in [0.1, 0.15) is 11.8 Å². The Bertz CT molecular complexity index is 624. The molecule has 1 N–H and O–H groups in total. The summed E-state index contributed by atoms with van der Waals surface area (Å²) in [5, 5.41) is 9.38. The van der Waals surface area contributed by atoms with Gasteiger partial charge in [0, 0.05) is 12.1 Å². The molecule has 132 valence electrons. The minimum absolute atomic E-state index is 0.0450. The van der Waals surface area contributed by atoms with Crippen LogP contribution in [-0.4, -0.2) is 41.1 Å². The molecule has 5 nitrogen and oxygen atoms in total.